The van der Waals surface area contributed by atoms with Gasteiger partial charge in [0, 0.05) is 5.75 Å². The predicted molar refractivity (Wildman–Crippen MR) is 111 cm³/mol. The van der Waals surface area contributed by atoms with Crippen molar-refractivity contribution in [2.75, 3.05) is 6.61 Å². The van der Waals surface area contributed by atoms with E-state index in [4.69, 9.17) is 14.4 Å². The molecule has 2 heterocycles. The molecule has 0 bridgehead atoms. The minimum Gasteiger partial charge on any atom is -0.494 e. The maximum atomic E-state index is 8.95. The Morgan fingerprint density at radius 2 is 1.86 bits per heavy atom. The zero-order valence-electron chi connectivity index (χ0n) is 15.8. The van der Waals surface area contributed by atoms with Gasteiger partial charge in [-0.1, -0.05) is 23.9 Å². The maximum Gasteiger partial charge on any atom is 0.205 e. The molecule has 6 nitrogen and oxygen atoms in total. The normalized spacial score (nSPS) is 10.6. The second-order valence-corrected chi connectivity index (χ2v) is 7.09. The summed E-state index contributed by atoms with van der Waals surface area (Å²) in [4.78, 5) is 0. The first kappa shape index (κ1) is 18.8. The van der Waals surface area contributed by atoms with Crippen LogP contribution >= 0.6 is 11.8 Å². The molecule has 2 aromatic carbocycles. The minimum absolute atomic E-state index is 0.620. The van der Waals surface area contributed by atoms with E-state index in [0.29, 0.717) is 29.5 Å². The summed E-state index contributed by atoms with van der Waals surface area (Å²) in [6, 6.07) is 21.2. The van der Waals surface area contributed by atoms with Crippen LogP contribution in [0.4, 0.5) is 0 Å². The van der Waals surface area contributed by atoms with Crippen molar-refractivity contribution in [1.29, 1.82) is 5.26 Å². The SMILES string of the molecule is CCOc1ccc(-n2c(SCc3ccc(C#N)cc3)nnc2-c2ccco2)cc1. The van der Waals surface area contributed by atoms with Gasteiger partial charge in [0.1, 0.15) is 5.75 Å². The van der Waals surface area contributed by atoms with Gasteiger partial charge in [-0.15, -0.1) is 10.2 Å². The third-order valence-electron chi connectivity index (χ3n) is 4.23. The van der Waals surface area contributed by atoms with Gasteiger partial charge < -0.3 is 9.15 Å². The van der Waals surface area contributed by atoms with Gasteiger partial charge in [-0.2, -0.15) is 5.26 Å². The molecule has 0 aliphatic rings. The number of thioether (sulfide) groups is 1. The molecule has 29 heavy (non-hydrogen) atoms. The number of nitrogens with zero attached hydrogens (tertiary/aromatic N) is 4. The highest BCUT2D eigenvalue weighted by Gasteiger charge is 2.18. The zero-order valence-corrected chi connectivity index (χ0v) is 16.6. The van der Waals surface area contributed by atoms with Crippen molar-refractivity contribution in [3.05, 3.63) is 78.1 Å². The van der Waals surface area contributed by atoms with Gasteiger partial charge in [0.15, 0.2) is 10.9 Å². The van der Waals surface area contributed by atoms with E-state index in [1.165, 1.54) is 0 Å². The van der Waals surface area contributed by atoms with Crippen LogP contribution in [0.15, 0.2) is 76.5 Å². The Balaban J connectivity index is 1.65. The highest BCUT2D eigenvalue weighted by molar-refractivity contribution is 7.98. The van der Waals surface area contributed by atoms with Crippen molar-refractivity contribution in [3.8, 4) is 29.1 Å². The summed E-state index contributed by atoms with van der Waals surface area (Å²) in [5.74, 6) is 2.81. The standard InChI is InChI=1S/C22H18N4O2S/c1-2-27-19-11-9-18(10-12-19)26-21(20-4-3-13-28-20)24-25-22(26)29-15-17-7-5-16(14-23)6-8-17/h3-13H,2,15H2,1H3. The number of hydrogen-bond acceptors (Lipinski definition) is 6. The Kier molecular flexibility index (Phi) is 5.63. The molecular weight excluding hydrogens is 384 g/mol. The molecule has 0 aliphatic heterocycles. The van der Waals surface area contributed by atoms with Crippen LogP contribution in [0.1, 0.15) is 18.1 Å². The highest BCUT2D eigenvalue weighted by Crippen LogP contribution is 2.30. The summed E-state index contributed by atoms with van der Waals surface area (Å²) in [7, 11) is 0. The van der Waals surface area contributed by atoms with Crippen LogP contribution in [0.25, 0.3) is 17.3 Å². The average molecular weight is 402 g/mol. The Morgan fingerprint density at radius 3 is 2.52 bits per heavy atom. The molecule has 4 aromatic rings. The van der Waals surface area contributed by atoms with Crippen LogP contribution in [-0.2, 0) is 5.75 Å². The molecule has 0 unspecified atom stereocenters. The lowest BCUT2D eigenvalue weighted by Gasteiger charge is -2.10. The molecule has 0 radical (unpaired) electrons. The van der Waals surface area contributed by atoms with Crippen LogP contribution in [0.3, 0.4) is 0 Å². The third kappa shape index (κ3) is 4.18. The van der Waals surface area contributed by atoms with Crippen molar-refractivity contribution in [2.45, 2.75) is 17.8 Å². The first-order chi connectivity index (χ1) is 14.3. The first-order valence-corrected chi connectivity index (χ1v) is 10.1. The summed E-state index contributed by atoms with van der Waals surface area (Å²) >= 11 is 1.57. The predicted octanol–water partition coefficient (Wildman–Crippen LogP) is 5.09. The van der Waals surface area contributed by atoms with Crippen LogP contribution in [-0.4, -0.2) is 21.4 Å². The summed E-state index contributed by atoms with van der Waals surface area (Å²) in [6.45, 7) is 2.58. The van der Waals surface area contributed by atoms with Crippen molar-refractivity contribution < 1.29 is 9.15 Å². The van der Waals surface area contributed by atoms with Gasteiger partial charge in [0.05, 0.1) is 30.2 Å². The van der Waals surface area contributed by atoms with E-state index in [9.17, 15) is 0 Å². The molecule has 144 valence electrons. The Labute approximate surface area is 172 Å². The summed E-state index contributed by atoms with van der Waals surface area (Å²) in [6.07, 6.45) is 1.62. The molecule has 0 fully saturated rings. The number of nitriles is 1. The monoisotopic (exact) mass is 402 g/mol. The fourth-order valence-corrected chi connectivity index (χ4v) is 3.75. The second kappa shape index (κ2) is 8.67. The molecule has 7 heteroatoms. The van der Waals surface area contributed by atoms with E-state index in [0.717, 1.165) is 22.2 Å². The number of rotatable bonds is 7. The number of benzene rings is 2. The number of hydrogen-bond donors (Lipinski definition) is 0. The number of furan rings is 1. The van der Waals surface area contributed by atoms with E-state index in [-0.39, 0.29) is 0 Å². The summed E-state index contributed by atoms with van der Waals surface area (Å²) in [5.41, 5.74) is 2.68. The van der Waals surface area contributed by atoms with E-state index in [2.05, 4.69) is 16.3 Å². The van der Waals surface area contributed by atoms with E-state index in [1.807, 2.05) is 72.2 Å². The molecule has 0 amide bonds. The van der Waals surface area contributed by atoms with Crippen molar-refractivity contribution in [1.82, 2.24) is 14.8 Å². The molecule has 4 rings (SSSR count). The molecule has 0 atom stereocenters. The number of ether oxygens (including phenoxy) is 1. The van der Waals surface area contributed by atoms with Gasteiger partial charge in [-0.3, -0.25) is 4.57 Å². The van der Waals surface area contributed by atoms with E-state index < -0.39 is 0 Å². The van der Waals surface area contributed by atoms with E-state index >= 15 is 0 Å². The average Bonchev–Trinajstić information content (AvgIpc) is 3.43. The maximum absolute atomic E-state index is 8.95. The van der Waals surface area contributed by atoms with Crippen LogP contribution in [0.5, 0.6) is 5.75 Å². The second-order valence-electron chi connectivity index (χ2n) is 6.14. The molecule has 0 saturated carbocycles. The van der Waals surface area contributed by atoms with Gasteiger partial charge in [0.25, 0.3) is 0 Å². The lowest BCUT2D eigenvalue weighted by molar-refractivity contribution is 0.340. The summed E-state index contributed by atoms with van der Waals surface area (Å²) in [5, 5.41) is 18.5. The zero-order chi connectivity index (χ0) is 20.1. The summed E-state index contributed by atoms with van der Waals surface area (Å²) < 4.78 is 13.1. The quantitative estimate of drug-likeness (QED) is 0.401. The fourth-order valence-electron chi connectivity index (χ4n) is 2.84. The fraction of sp³-hybridized carbons (Fsp3) is 0.136. The van der Waals surface area contributed by atoms with Gasteiger partial charge >= 0.3 is 0 Å². The Bertz CT molecular complexity index is 1110. The van der Waals surface area contributed by atoms with Gasteiger partial charge in [0.2, 0.25) is 5.82 Å². The number of aromatic nitrogens is 3. The topological polar surface area (TPSA) is 76.9 Å². The van der Waals surface area contributed by atoms with Crippen molar-refractivity contribution in [3.63, 3.8) is 0 Å². The van der Waals surface area contributed by atoms with Crippen LogP contribution in [0, 0.1) is 11.3 Å². The van der Waals surface area contributed by atoms with Crippen LogP contribution < -0.4 is 4.74 Å². The minimum atomic E-state index is 0.620. The van der Waals surface area contributed by atoms with Gasteiger partial charge in [-0.25, -0.2) is 0 Å². The van der Waals surface area contributed by atoms with E-state index in [1.54, 1.807) is 18.0 Å². The lowest BCUT2D eigenvalue weighted by Crippen LogP contribution is -2.00. The van der Waals surface area contributed by atoms with Crippen molar-refractivity contribution >= 4 is 11.8 Å². The Hall–Kier alpha value is -3.50. The Morgan fingerprint density at radius 1 is 1.07 bits per heavy atom. The van der Waals surface area contributed by atoms with Gasteiger partial charge in [-0.05, 0) is 61.0 Å². The molecule has 0 aliphatic carbocycles. The molecular formula is C22H18N4O2S. The smallest absolute Gasteiger partial charge is 0.205 e. The first-order valence-electron chi connectivity index (χ1n) is 9.13. The third-order valence-corrected chi connectivity index (χ3v) is 5.23. The van der Waals surface area contributed by atoms with Crippen molar-refractivity contribution in [2.24, 2.45) is 0 Å². The largest absolute Gasteiger partial charge is 0.494 e. The lowest BCUT2D eigenvalue weighted by atomic mass is 10.2. The molecule has 0 saturated heterocycles. The van der Waals surface area contributed by atoms with Crippen LogP contribution in [0.2, 0.25) is 0 Å². The molecule has 0 N–H and O–H groups in total. The highest BCUT2D eigenvalue weighted by atomic mass is 32.2. The molecule has 2 aromatic heterocycles. The molecule has 0 spiro atoms.